The number of thioether (sulfide) groups is 1. The summed E-state index contributed by atoms with van der Waals surface area (Å²) in [4.78, 5) is 17.2. The molecule has 0 amide bonds. The molecule has 1 aromatic rings. The van der Waals surface area contributed by atoms with Crippen LogP contribution in [0.25, 0.3) is 0 Å². The summed E-state index contributed by atoms with van der Waals surface area (Å²) in [5, 5.41) is 0.0228. The standard InChI is InChI=1S/C9H7FN2OS/c1-7(13)14-4-2-3-8-5-11-9(10)12-6-8/h5-6H,4H2,1H3. The maximum absolute atomic E-state index is 12.3. The van der Waals surface area contributed by atoms with E-state index >= 15 is 0 Å². The highest BCUT2D eigenvalue weighted by molar-refractivity contribution is 8.13. The van der Waals surface area contributed by atoms with Gasteiger partial charge >= 0.3 is 6.08 Å². The van der Waals surface area contributed by atoms with Gasteiger partial charge in [0.15, 0.2) is 5.12 Å². The summed E-state index contributed by atoms with van der Waals surface area (Å²) < 4.78 is 12.3. The Hall–Kier alpha value is -1.41. The van der Waals surface area contributed by atoms with Crippen molar-refractivity contribution in [2.24, 2.45) is 0 Å². The molecule has 1 heterocycles. The average Bonchev–Trinajstić information content (AvgIpc) is 2.15. The maximum Gasteiger partial charge on any atom is 0.308 e. The number of aromatic nitrogens is 2. The van der Waals surface area contributed by atoms with Crippen molar-refractivity contribution in [1.29, 1.82) is 0 Å². The van der Waals surface area contributed by atoms with E-state index in [-0.39, 0.29) is 5.12 Å². The molecule has 0 unspecified atom stereocenters. The van der Waals surface area contributed by atoms with Crippen LogP contribution >= 0.6 is 11.8 Å². The Labute approximate surface area is 85.1 Å². The van der Waals surface area contributed by atoms with Crippen molar-refractivity contribution < 1.29 is 9.18 Å². The first-order chi connectivity index (χ1) is 6.68. The Morgan fingerprint density at radius 1 is 1.57 bits per heavy atom. The van der Waals surface area contributed by atoms with E-state index in [9.17, 15) is 9.18 Å². The molecular weight excluding hydrogens is 203 g/mol. The first-order valence-electron chi connectivity index (χ1n) is 3.78. The number of nitrogens with zero attached hydrogens (tertiary/aromatic N) is 2. The van der Waals surface area contributed by atoms with E-state index < -0.39 is 6.08 Å². The second kappa shape index (κ2) is 5.35. The molecule has 0 saturated carbocycles. The summed E-state index contributed by atoms with van der Waals surface area (Å²) in [5.41, 5.74) is 0.538. The van der Waals surface area contributed by atoms with Crippen LogP contribution in [0.1, 0.15) is 12.5 Å². The van der Waals surface area contributed by atoms with Crippen LogP contribution in [-0.4, -0.2) is 20.8 Å². The highest BCUT2D eigenvalue weighted by atomic mass is 32.2. The van der Waals surface area contributed by atoms with E-state index in [1.54, 1.807) is 0 Å². The molecule has 3 nitrogen and oxygen atoms in total. The van der Waals surface area contributed by atoms with Crippen LogP contribution in [-0.2, 0) is 4.79 Å². The van der Waals surface area contributed by atoms with Gasteiger partial charge < -0.3 is 0 Å². The molecule has 0 atom stereocenters. The van der Waals surface area contributed by atoms with Gasteiger partial charge in [0.1, 0.15) is 0 Å². The van der Waals surface area contributed by atoms with Crippen molar-refractivity contribution in [3.8, 4) is 11.8 Å². The molecule has 1 aromatic heterocycles. The molecule has 14 heavy (non-hydrogen) atoms. The maximum atomic E-state index is 12.3. The number of hydrogen-bond acceptors (Lipinski definition) is 4. The fraction of sp³-hybridized carbons (Fsp3) is 0.222. The van der Waals surface area contributed by atoms with Crippen molar-refractivity contribution in [3.05, 3.63) is 24.0 Å². The van der Waals surface area contributed by atoms with E-state index in [4.69, 9.17) is 0 Å². The molecule has 72 valence electrons. The van der Waals surface area contributed by atoms with Gasteiger partial charge in [-0.25, -0.2) is 9.97 Å². The molecule has 0 saturated heterocycles. The molecule has 0 aliphatic heterocycles. The molecular formula is C9H7FN2OS. The summed E-state index contributed by atoms with van der Waals surface area (Å²) in [6.45, 7) is 1.48. The number of hydrogen-bond donors (Lipinski definition) is 0. The summed E-state index contributed by atoms with van der Waals surface area (Å²) in [6, 6.07) is 0. The molecule has 0 aliphatic carbocycles. The predicted molar refractivity (Wildman–Crippen MR) is 52.0 cm³/mol. The normalized spacial score (nSPS) is 9.00. The highest BCUT2D eigenvalue weighted by Gasteiger charge is 1.92. The Morgan fingerprint density at radius 2 is 2.21 bits per heavy atom. The Morgan fingerprint density at radius 3 is 2.79 bits per heavy atom. The van der Waals surface area contributed by atoms with Crippen LogP contribution in [0.3, 0.4) is 0 Å². The third-order valence-electron chi connectivity index (χ3n) is 1.20. The van der Waals surface area contributed by atoms with Gasteiger partial charge in [0, 0.05) is 19.3 Å². The van der Waals surface area contributed by atoms with E-state index in [0.717, 1.165) is 11.8 Å². The number of carbonyl (C=O) groups excluding carboxylic acids is 1. The first kappa shape index (κ1) is 10.7. The van der Waals surface area contributed by atoms with Crippen LogP contribution < -0.4 is 0 Å². The largest absolute Gasteiger partial charge is 0.308 e. The number of carbonyl (C=O) groups is 1. The number of halogens is 1. The zero-order chi connectivity index (χ0) is 10.4. The summed E-state index contributed by atoms with van der Waals surface area (Å²) in [6.07, 6.45) is 1.83. The van der Waals surface area contributed by atoms with Gasteiger partial charge in [0.2, 0.25) is 0 Å². The van der Waals surface area contributed by atoms with Crippen LogP contribution in [0.15, 0.2) is 12.4 Å². The van der Waals surface area contributed by atoms with Gasteiger partial charge in [-0.2, -0.15) is 4.39 Å². The summed E-state index contributed by atoms with van der Waals surface area (Å²) in [5.74, 6) is 5.88. The second-order valence-electron chi connectivity index (χ2n) is 2.32. The Balaban J connectivity index is 2.51. The van der Waals surface area contributed by atoms with Crippen molar-refractivity contribution >= 4 is 16.9 Å². The van der Waals surface area contributed by atoms with Gasteiger partial charge in [0.25, 0.3) is 0 Å². The lowest BCUT2D eigenvalue weighted by Gasteiger charge is -1.87. The molecule has 0 aromatic carbocycles. The Bertz CT molecular complexity index is 380. The second-order valence-corrected chi connectivity index (χ2v) is 3.48. The van der Waals surface area contributed by atoms with Crippen LogP contribution in [0.4, 0.5) is 4.39 Å². The molecule has 0 spiro atoms. The molecule has 0 bridgehead atoms. The SMILES string of the molecule is CC(=O)SCC#Cc1cnc(F)nc1. The molecule has 0 N–H and O–H groups in total. The lowest BCUT2D eigenvalue weighted by Crippen LogP contribution is -1.88. The first-order valence-corrected chi connectivity index (χ1v) is 4.77. The van der Waals surface area contributed by atoms with Gasteiger partial charge in [-0.3, -0.25) is 4.79 Å². The van der Waals surface area contributed by atoms with Gasteiger partial charge in [-0.1, -0.05) is 23.6 Å². The third-order valence-corrected chi connectivity index (χ3v) is 1.90. The van der Waals surface area contributed by atoms with E-state index in [1.165, 1.54) is 19.3 Å². The van der Waals surface area contributed by atoms with Crippen molar-refractivity contribution in [3.63, 3.8) is 0 Å². The summed E-state index contributed by atoms with van der Waals surface area (Å²) in [7, 11) is 0. The third kappa shape index (κ3) is 4.01. The zero-order valence-corrected chi connectivity index (χ0v) is 8.27. The van der Waals surface area contributed by atoms with Gasteiger partial charge in [-0.05, 0) is 0 Å². The molecule has 1 rings (SSSR count). The van der Waals surface area contributed by atoms with E-state index in [0.29, 0.717) is 11.3 Å². The van der Waals surface area contributed by atoms with Gasteiger partial charge in [0.05, 0.1) is 11.3 Å². The van der Waals surface area contributed by atoms with Crippen LogP contribution in [0, 0.1) is 17.9 Å². The van der Waals surface area contributed by atoms with Crippen molar-refractivity contribution in [2.75, 3.05) is 5.75 Å². The van der Waals surface area contributed by atoms with Gasteiger partial charge in [-0.15, -0.1) is 0 Å². The zero-order valence-electron chi connectivity index (χ0n) is 7.45. The Kier molecular flexibility index (Phi) is 4.08. The van der Waals surface area contributed by atoms with Crippen molar-refractivity contribution in [1.82, 2.24) is 9.97 Å². The van der Waals surface area contributed by atoms with E-state index in [2.05, 4.69) is 21.8 Å². The fourth-order valence-electron chi connectivity index (χ4n) is 0.653. The smallest absolute Gasteiger partial charge is 0.288 e. The minimum absolute atomic E-state index is 0.0228. The lowest BCUT2D eigenvalue weighted by atomic mass is 10.3. The molecule has 0 radical (unpaired) electrons. The lowest BCUT2D eigenvalue weighted by molar-refractivity contribution is -0.109. The molecule has 0 fully saturated rings. The van der Waals surface area contributed by atoms with E-state index in [1.807, 2.05) is 0 Å². The average molecular weight is 210 g/mol. The van der Waals surface area contributed by atoms with Crippen molar-refractivity contribution in [2.45, 2.75) is 6.92 Å². The quantitative estimate of drug-likeness (QED) is 0.516. The predicted octanol–water partition coefficient (Wildman–Crippen LogP) is 1.25. The monoisotopic (exact) mass is 210 g/mol. The highest BCUT2D eigenvalue weighted by Crippen LogP contribution is 1.99. The van der Waals surface area contributed by atoms with Crippen LogP contribution in [0.5, 0.6) is 0 Å². The summed E-state index contributed by atoms with van der Waals surface area (Å²) >= 11 is 1.13. The topological polar surface area (TPSA) is 42.9 Å². The number of rotatable bonds is 1. The minimum Gasteiger partial charge on any atom is -0.288 e. The fourth-order valence-corrected chi connectivity index (χ4v) is 1.00. The molecule has 5 heteroatoms. The van der Waals surface area contributed by atoms with Crippen LogP contribution in [0.2, 0.25) is 0 Å². The minimum atomic E-state index is -0.770. The molecule has 0 aliphatic rings.